The second kappa shape index (κ2) is 6.00. The molecular formula is C14H11BrFNO3. The molecule has 0 spiro atoms. The molecule has 104 valence electrons. The lowest BCUT2D eigenvalue weighted by atomic mass is 10.2. The van der Waals surface area contributed by atoms with E-state index in [9.17, 15) is 14.5 Å². The first-order chi connectivity index (χ1) is 9.47. The predicted octanol–water partition coefficient (Wildman–Crippen LogP) is 4.38. The highest BCUT2D eigenvalue weighted by molar-refractivity contribution is 9.10. The van der Waals surface area contributed by atoms with Crippen LogP contribution >= 0.6 is 15.9 Å². The van der Waals surface area contributed by atoms with E-state index in [0.29, 0.717) is 10.0 Å². The zero-order chi connectivity index (χ0) is 14.7. The molecule has 0 aliphatic carbocycles. The van der Waals surface area contributed by atoms with Crippen molar-refractivity contribution in [2.24, 2.45) is 0 Å². The van der Waals surface area contributed by atoms with Crippen molar-refractivity contribution in [2.75, 3.05) is 0 Å². The van der Waals surface area contributed by atoms with Crippen molar-refractivity contribution in [1.29, 1.82) is 0 Å². The van der Waals surface area contributed by atoms with Gasteiger partial charge in [-0.15, -0.1) is 0 Å². The Kier molecular flexibility index (Phi) is 4.34. The van der Waals surface area contributed by atoms with Crippen LogP contribution in [0.5, 0.6) is 5.75 Å². The number of rotatable bonds is 4. The average Bonchev–Trinajstić information content (AvgIpc) is 2.37. The number of nitro benzene ring substituents is 1. The first-order valence-electron chi connectivity index (χ1n) is 5.79. The third kappa shape index (κ3) is 3.33. The Bertz CT molecular complexity index is 661. The summed E-state index contributed by atoms with van der Waals surface area (Å²) in [6.07, 6.45) is 0. The summed E-state index contributed by atoms with van der Waals surface area (Å²) in [5, 5.41) is 10.9. The molecule has 0 N–H and O–H groups in total. The zero-order valence-electron chi connectivity index (χ0n) is 10.6. The van der Waals surface area contributed by atoms with Crippen LogP contribution in [-0.2, 0) is 6.61 Å². The van der Waals surface area contributed by atoms with Crippen LogP contribution in [0, 0.1) is 22.9 Å². The number of hydrogen-bond acceptors (Lipinski definition) is 3. The number of hydrogen-bond donors (Lipinski definition) is 0. The van der Waals surface area contributed by atoms with E-state index in [1.54, 1.807) is 31.2 Å². The van der Waals surface area contributed by atoms with Crippen molar-refractivity contribution in [3.05, 3.63) is 67.9 Å². The third-order valence-corrected chi connectivity index (χ3v) is 3.20. The number of benzene rings is 2. The molecule has 0 unspecified atom stereocenters. The van der Waals surface area contributed by atoms with Gasteiger partial charge in [-0.3, -0.25) is 10.1 Å². The fourth-order valence-corrected chi connectivity index (χ4v) is 2.02. The van der Waals surface area contributed by atoms with E-state index >= 15 is 0 Å². The van der Waals surface area contributed by atoms with Crippen molar-refractivity contribution in [1.82, 2.24) is 0 Å². The molecule has 6 heteroatoms. The van der Waals surface area contributed by atoms with Gasteiger partial charge >= 0.3 is 5.69 Å². The van der Waals surface area contributed by atoms with E-state index < -0.39 is 10.7 Å². The summed E-state index contributed by atoms with van der Waals surface area (Å²) >= 11 is 3.16. The van der Waals surface area contributed by atoms with Gasteiger partial charge in [-0.05, 0) is 30.7 Å². The summed E-state index contributed by atoms with van der Waals surface area (Å²) in [6.45, 7) is 1.74. The molecule has 0 saturated carbocycles. The standard InChI is InChI=1S/C14H11BrFNO3/c1-9-2-5-13(17(18)19)14(6-9)20-8-10-3-4-11(15)7-12(10)16/h2-7H,8H2,1H3. The lowest BCUT2D eigenvalue weighted by molar-refractivity contribution is -0.386. The topological polar surface area (TPSA) is 52.4 Å². The second-order valence-electron chi connectivity index (χ2n) is 4.25. The molecule has 0 amide bonds. The number of nitrogens with zero attached hydrogens (tertiary/aromatic N) is 1. The molecule has 0 bridgehead atoms. The van der Waals surface area contributed by atoms with Crippen molar-refractivity contribution >= 4 is 21.6 Å². The van der Waals surface area contributed by atoms with E-state index in [-0.39, 0.29) is 18.0 Å². The Labute approximate surface area is 123 Å². The van der Waals surface area contributed by atoms with Gasteiger partial charge in [0.1, 0.15) is 12.4 Å². The molecule has 0 aliphatic heterocycles. The number of aryl methyl sites for hydroxylation is 1. The van der Waals surface area contributed by atoms with E-state index in [1.807, 2.05) is 0 Å². The van der Waals surface area contributed by atoms with Crippen LogP contribution in [0.3, 0.4) is 0 Å². The quantitative estimate of drug-likeness (QED) is 0.613. The molecule has 20 heavy (non-hydrogen) atoms. The lowest BCUT2D eigenvalue weighted by Crippen LogP contribution is -2.01. The van der Waals surface area contributed by atoms with E-state index in [0.717, 1.165) is 5.56 Å². The Hall–Kier alpha value is -1.95. The maximum absolute atomic E-state index is 13.6. The van der Waals surface area contributed by atoms with Crippen LogP contribution in [0.4, 0.5) is 10.1 Å². The maximum atomic E-state index is 13.6. The van der Waals surface area contributed by atoms with Crippen molar-refractivity contribution < 1.29 is 14.1 Å². The van der Waals surface area contributed by atoms with Gasteiger partial charge in [-0.2, -0.15) is 0 Å². The highest BCUT2D eigenvalue weighted by Crippen LogP contribution is 2.29. The summed E-state index contributed by atoms with van der Waals surface area (Å²) in [5.74, 6) is -0.285. The van der Waals surface area contributed by atoms with Gasteiger partial charge in [0, 0.05) is 16.1 Å². The molecule has 4 nitrogen and oxygen atoms in total. The molecule has 0 aromatic heterocycles. The highest BCUT2D eigenvalue weighted by atomic mass is 79.9. The highest BCUT2D eigenvalue weighted by Gasteiger charge is 2.15. The summed E-state index contributed by atoms with van der Waals surface area (Å²) in [6, 6.07) is 9.15. The molecule has 0 aliphatic rings. The zero-order valence-corrected chi connectivity index (χ0v) is 12.2. The molecule has 0 radical (unpaired) electrons. The molecule has 2 aromatic rings. The first-order valence-corrected chi connectivity index (χ1v) is 6.58. The summed E-state index contributed by atoms with van der Waals surface area (Å²) in [4.78, 5) is 10.4. The molecule has 0 fully saturated rings. The summed E-state index contributed by atoms with van der Waals surface area (Å²) in [5.41, 5.74) is 1.04. The van der Waals surface area contributed by atoms with Crippen LogP contribution in [-0.4, -0.2) is 4.92 Å². The normalized spacial score (nSPS) is 10.3. The molecule has 0 heterocycles. The van der Waals surface area contributed by atoms with E-state index in [4.69, 9.17) is 4.74 Å². The van der Waals surface area contributed by atoms with Gasteiger partial charge in [0.25, 0.3) is 0 Å². The van der Waals surface area contributed by atoms with E-state index in [2.05, 4.69) is 15.9 Å². The van der Waals surface area contributed by atoms with Gasteiger partial charge < -0.3 is 4.74 Å². The maximum Gasteiger partial charge on any atom is 0.310 e. The van der Waals surface area contributed by atoms with Crippen molar-refractivity contribution in [3.63, 3.8) is 0 Å². The Morgan fingerprint density at radius 1 is 1.30 bits per heavy atom. The molecule has 2 aromatic carbocycles. The lowest BCUT2D eigenvalue weighted by Gasteiger charge is -2.08. The number of ether oxygens (including phenoxy) is 1. The minimum Gasteiger partial charge on any atom is -0.482 e. The minimum atomic E-state index is -0.521. The Morgan fingerprint density at radius 3 is 2.70 bits per heavy atom. The number of nitro groups is 1. The largest absolute Gasteiger partial charge is 0.482 e. The Morgan fingerprint density at radius 2 is 2.05 bits per heavy atom. The predicted molar refractivity (Wildman–Crippen MR) is 76.3 cm³/mol. The van der Waals surface area contributed by atoms with Gasteiger partial charge in [0.2, 0.25) is 0 Å². The monoisotopic (exact) mass is 339 g/mol. The third-order valence-electron chi connectivity index (χ3n) is 2.71. The fourth-order valence-electron chi connectivity index (χ4n) is 1.68. The van der Waals surface area contributed by atoms with Crippen LogP contribution < -0.4 is 4.74 Å². The minimum absolute atomic E-state index is 0.0661. The Balaban J connectivity index is 2.22. The molecule has 2 rings (SSSR count). The van der Waals surface area contributed by atoms with Gasteiger partial charge in [0.05, 0.1) is 4.92 Å². The van der Waals surface area contributed by atoms with Crippen LogP contribution in [0.1, 0.15) is 11.1 Å². The molecule has 0 saturated heterocycles. The second-order valence-corrected chi connectivity index (χ2v) is 5.17. The fraction of sp³-hybridized carbons (Fsp3) is 0.143. The van der Waals surface area contributed by atoms with Gasteiger partial charge in [-0.1, -0.05) is 28.1 Å². The van der Waals surface area contributed by atoms with Crippen LogP contribution in [0.2, 0.25) is 0 Å². The van der Waals surface area contributed by atoms with Crippen molar-refractivity contribution in [2.45, 2.75) is 13.5 Å². The van der Waals surface area contributed by atoms with Crippen LogP contribution in [0.25, 0.3) is 0 Å². The summed E-state index contributed by atoms with van der Waals surface area (Å²) < 4.78 is 19.7. The molecule has 0 atom stereocenters. The van der Waals surface area contributed by atoms with Crippen LogP contribution in [0.15, 0.2) is 40.9 Å². The molecular weight excluding hydrogens is 329 g/mol. The van der Waals surface area contributed by atoms with Crippen molar-refractivity contribution in [3.8, 4) is 5.75 Å². The smallest absolute Gasteiger partial charge is 0.310 e. The average molecular weight is 340 g/mol. The SMILES string of the molecule is Cc1ccc([N+](=O)[O-])c(OCc2ccc(Br)cc2F)c1. The number of halogens is 2. The summed E-state index contributed by atoms with van der Waals surface area (Å²) in [7, 11) is 0. The first kappa shape index (κ1) is 14.5. The van der Waals surface area contributed by atoms with Gasteiger partial charge in [0.15, 0.2) is 5.75 Å². The van der Waals surface area contributed by atoms with Gasteiger partial charge in [-0.25, -0.2) is 4.39 Å². The van der Waals surface area contributed by atoms with E-state index in [1.165, 1.54) is 12.1 Å².